The van der Waals surface area contributed by atoms with Crippen molar-refractivity contribution in [2.75, 3.05) is 0 Å². The van der Waals surface area contributed by atoms with Gasteiger partial charge in [0.1, 0.15) is 18.9 Å². The number of rotatable bonds is 10. The SMILES string of the molecule is CC(=O)N(Cc1ccccc1)Cc1cnc2c3ncn(CC(=O)N[C@@H](Cc4ccccc4)C(=O)O)c3ncn12. The lowest BCUT2D eigenvalue weighted by Crippen LogP contribution is -2.43. The number of imidazole rings is 2. The van der Waals surface area contributed by atoms with E-state index in [1.165, 1.54) is 13.3 Å². The van der Waals surface area contributed by atoms with E-state index in [9.17, 15) is 19.5 Å². The van der Waals surface area contributed by atoms with Crippen molar-refractivity contribution in [3.05, 3.63) is 96.3 Å². The predicted octanol–water partition coefficient (Wildman–Crippen LogP) is 2.44. The fraction of sp³-hybridized carbons (Fsp3) is 0.214. The van der Waals surface area contributed by atoms with E-state index < -0.39 is 17.9 Å². The third-order valence-electron chi connectivity index (χ3n) is 6.44. The number of aromatic nitrogens is 5. The van der Waals surface area contributed by atoms with Crippen molar-refractivity contribution in [1.82, 2.24) is 34.1 Å². The van der Waals surface area contributed by atoms with Gasteiger partial charge >= 0.3 is 5.97 Å². The Balaban J connectivity index is 1.32. The molecule has 0 aliphatic carbocycles. The minimum absolute atomic E-state index is 0.0648. The molecule has 0 saturated carbocycles. The molecule has 0 bridgehead atoms. The molecule has 3 aromatic heterocycles. The molecule has 0 radical (unpaired) electrons. The number of nitrogens with one attached hydrogen (secondary N) is 1. The van der Waals surface area contributed by atoms with Crippen molar-refractivity contribution >= 4 is 34.6 Å². The van der Waals surface area contributed by atoms with Gasteiger partial charge in [-0.05, 0) is 11.1 Å². The first-order valence-electron chi connectivity index (χ1n) is 12.4. The minimum Gasteiger partial charge on any atom is -0.480 e. The number of benzene rings is 2. The Morgan fingerprint density at radius 3 is 2.26 bits per heavy atom. The van der Waals surface area contributed by atoms with E-state index in [0.717, 1.165) is 16.8 Å². The zero-order chi connectivity index (χ0) is 27.4. The molecule has 1 atom stereocenters. The maximum absolute atomic E-state index is 12.8. The fourth-order valence-corrected chi connectivity index (χ4v) is 4.44. The largest absolute Gasteiger partial charge is 0.480 e. The average Bonchev–Trinajstić information content (AvgIpc) is 3.53. The number of amides is 2. The molecule has 198 valence electrons. The summed E-state index contributed by atoms with van der Waals surface area (Å²) in [5, 5.41) is 12.2. The number of hydrogen-bond acceptors (Lipinski definition) is 6. The van der Waals surface area contributed by atoms with Gasteiger partial charge < -0.3 is 19.9 Å². The van der Waals surface area contributed by atoms with Crippen LogP contribution in [0.2, 0.25) is 0 Å². The zero-order valence-corrected chi connectivity index (χ0v) is 21.3. The highest BCUT2D eigenvalue weighted by molar-refractivity contribution is 5.88. The lowest BCUT2D eigenvalue weighted by atomic mass is 10.1. The number of carbonyl (C=O) groups excluding carboxylic acids is 2. The van der Waals surface area contributed by atoms with Crippen molar-refractivity contribution in [2.24, 2.45) is 0 Å². The van der Waals surface area contributed by atoms with Crippen LogP contribution in [0.1, 0.15) is 23.7 Å². The molecule has 11 nitrogen and oxygen atoms in total. The van der Waals surface area contributed by atoms with Gasteiger partial charge in [0.2, 0.25) is 11.8 Å². The third-order valence-corrected chi connectivity index (χ3v) is 6.44. The maximum atomic E-state index is 12.8. The summed E-state index contributed by atoms with van der Waals surface area (Å²) in [6, 6.07) is 17.8. The highest BCUT2D eigenvalue weighted by Crippen LogP contribution is 2.19. The van der Waals surface area contributed by atoms with E-state index in [1.807, 2.05) is 60.7 Å². The Morgan fingerprint density at radius 2 is 1.59 bits per heavy atom. The van der Waals surface area contributed by atoms with E-state index in [-0.39, 0.29) is 18.9 Å². The first kappa shape index (κ1) is 25.6. The lowest BCUT2D eigenvalue weighted by molar-refractivity contribution is -0.141. The molecule has 5 rings (SSSR count). The van der Waals surface area contributed by atoms with Crippen LogP contribution in [-0.2, 0) is 40.4 Å². The molecule has 11 heteroatoms. The standard InChI is InChI=1S/C28H27N7O4/c1-19(36)33(14-21-10-6-3-7-11-21)15-22-13-29-27-25-26(31-18-35(22)27)34(17-30-25)16-24(37)32-23(28(38)39)12-20-8-4-2-5-9-20/h2-11,13,17-18,23H,12,14-16H2,1H3,(H,32,37)(H,38,39)/t23-/m0/s1. The predicted molar refractivity (Wildman–Crippen MR) is 142 cm³/mol. The molecule has 3 heterocycles. The molecular formula is C28H27N7O4. The number of carboxylic acid groups (broad SMARTS) is 1. The summed E-state index contributed by atoms with van der Waals surface area (Å²) >= 11 is 0. The first-order chi connectivity index (χ1) is 18.9. The summed E-state index contributed by atoms with van der Waals surface area (Å²) in [6.45, 7) is 2.18. The molecule has 0 unspecified atom stereocenters. The lowest BCUT2D eigenvalue weighted by Gasteiger charge is -2.21. The van der Waals surface area contributed by atoms with Gasteiger partial charge in [0, 0.05) is 19.9 Å². The second-order valence-electron chi connectivity index (χ2n) is 9.24. The summed E-state index contributed by atoms with van der Waals surface area (Å²) in [6.07, 6.45) is 4.93. The first-order valence-corrected chi connectivity index (χ1v) is 12.4. The molecule has 2 amide bonds. The van der Waals surface area contributed by atoms with Gasteiger partial charge in [-0.2, -0.15) is 0 Å². The second-order valence-corrected chi connectivity index (χ2v) is 9.24. The number of carbonyl (C=O) groups is 3. The zero-order valence-electron chi connectivity index (χ0n) is 21.3. The molecule has 0 fully saturated rings. The number of aliphatic carboxylic acids is 1. The summed E-state index contributed by atoms with van der Waals surface area (Å²) in [7, 11) is 0. The van der Waals surface area contributed by atoms with Gasteiger partial charge in [0.25, 0.3) is 0 Å². The normalized spacial score (nSPS) is 11.9. The average molecular weight is 526 g/mol. The van der Waals surface area contributed by atoms with Crippen LogP contribution in [-0.4, -0.2) is 57.8 Å². The van der Waals surface area contributed by atoms with Crippen LogP contribution in [0, 0.1) is 0 Å². The van der Waals surface area contributed by atoms with Crippen molar-refractivity contribution in [1.29, 1.82) is 0 Å². The van der Waals surface area contributed by atoms with Crippen LogP contribution in [0.4, 0.5) is 0 Å². The highest BCUT2D eigenvalue weighted by atomic mass is 16.4. The topological polar surface area (TPSA) is 135 Å². The Morgan fingerprint density at radius 1 is 0.897 bits per heavy atom. The van der Waals surface area contributed by atoms with Crippen LogP contribution >= 0.6 is 0 Å². The van der Waals surface area contributed by atoms with Crippen molar-refractivity contribution in [3.8, 4) is 0 Å². The summed E-state index contributed by atoms with van der Waals surface area (Å²) in [4.78, 5) is 52.0. The van der Waals surface area contributed by atoms with Gasteiger partial charge in [0.05, 0.1) is 24.8 Å². The summed E-state index contributed by atoms with van der Waals surface area (Å²) < 4.78 is 3.33. The van der Waals surface area contributed by atoms with Crippen LogP contribution in [0.25, 0.3) is 16.8 Å². The summed E-state index contributed by atoms with van der Waals surface area (Å²) in [5.41, 5.74) is 4.08. The molecule has 5 aromatic rings. The van der Waals surface area contributed by atoms with Crippen molar-refractivity contribution < 1.29 is 19.5 Å². The molecule has 0 aliphatic heterocycles. The number of nitrogens with zero attached hydrogens (tertiary/aromatic N) is 6. The van der Waals surface area contributed by atoms with Gasteiger partial charge in [-0.25, -0.2) is 19.7 Å². The van der Waals surface area contributed by atoms with E-state index >= 15 is 0 Å². The van der Waals surface area contributed by atoms with Crippen LogP contribution in [0.15, 0.2) is 79.5 Å². The fourth-order valence-electron chi connectivity index (χ4n) is 4.44. The molecule has 0 saturated heterocycles. The van der Waals surface area contributed by atoms with Crippen molar-refractivity contribution in [3.63, 3.8) is 0 Å². The van der Waals surface area contributed by atoms with E-state index in [4.69, 9.17) is 0 Å². The van der Waals surface area contributed by atoms with Gasteiger partial charge in [-0.3, -0.25) is 14.0 Å². The maximum Gasteiger partial charge on any atom is 0.326 e. The molecular weight excluding hydrogens is 498 g/mol. The molecule has 39 heavy (non-hydrogen) atoms. The Labute approximate surface area is 223 Å². The van der Waals surface area contributed by atoms with Gasteiger partial charge in [-0.1, -0.05) is 60.7 Å². The van der Waals surface area contributed by atoms with Crippen LogP contribution < -0.4 is 5.32 Å². The van der Waals surface area contributed by atoms with Crippen LogP contribution in [0.3, 0.4) is 0 Å². The third kappa shape index (κ3) is 5.77. The monoisotopic (exact) mass is 525 g/mol. The van der Waals surface area contributed by atoms with E-state index in [0.29, 0.717) is 29.9 Å². The van der Waals surface area contributed by atoms with Gasteiger partial charge in [-0.15, -0.1) is 0 Å². The number of fused-ring (bicyclic) bond motifs is 3. The number of hydrogen-bond donors (Lipinski definition) is 2. The quantitative estimate of drug-likeness (QED) is 0.286. The van der Waals surface area contributed by atoms with E-state index in [1.54, 1.807) is 26.4 Å². The molecule has 0 spiro atoms. The summed E-state index contributed by atoms with van der Waals surface area (Å²) in [5.74, 6) is -1.65. The van der Waals surface area contributed by atoms with E-state index in [2.05, 4.69) is 20.3 Å². The number of carboxylic acids is 1. The minimum atomic E-state index is -1.11. The Hall–Kier alpha value is -5.06. The Bertz CT molecular complexity index is 1630. The van der Waals surface area contributed by atoms with Crippen LogP contribution in [0.5, 0.6) is 0 Å². The van der Waals surface area contributed by atoms with Crippen molar-refractivity contribution in [2.45, 2.75) is 39.0 Å². The molecule has 2 N–H and O–H groups in total. The van der Waals surface area contributed by atoms with Gasteiger partial charge in [0.15, 0.2) is 16.8 Å². The highest BCUT2D eigenvalue weighted by Gasteiger charge is 2.22. The molecule has 2 aromatic carbocycles. The molecule has 0 aliphatic rings. The second kappa shape index (κ2) is 11.1. The smallest absolute Gasteiger partial charge is 0.326 e. The Kier molecular flexibility index (Phi) is 7.30.